The van der Waals surface area contributed by atoms with Gasteiger partial charge in [-0.05, 0) is 43.9 Å². The van der Waals surface area contributed by atoms with Gasteiger partial charge in [0.2, 0.25) is 0 Å². The highest BCUT2D eigenvalue weighted by Gasteiger charge is 2.19. The van der Waals surface area contributed by atoms with Crippen molar-refractivity contribution in [1.29, 1.82) is 0 Å². The lowest BCUT2D eigenvalue weighted by atomic mass is 10.0. The van der Waals surface area contributed by atoms with E-state index in [9.17, 15) is 14.0 Å². The number of hydrogen-bond donors (Lipinski definition) is 0. The van der Waals surface area contributed by atoms with Crippen LogP contribution in [0.15, 0.2) is 29.1 Å². The topological polar surface area (TPSA) is 60.7 Å². The Balaban J connectivity index is 1.58. The molecule has 134 valence electrons. The second-order valence-corrected chi connectivity index (χ2v) is 7.55. The standard InChI is InChI=1S/C18H14ClFN2O3S/c19-13-7-10(20)5-6-12(13)17(24)25-9-11-8-16(23)22-14-3-1-2-4-15(14)26-18(22)21-11/h5-8H,1-4,9H2. The zero-order valence-electron chi connectivity index (χ0n) is 13.6. The van der Waals surface area contributed by atoms with Crippen LogP contribution in [-0.2, 0) is 24.2 Å². The summed E-state index contributed by atoms with van der Waals surface area (Å²) in [7, 11) is 0. The van der Waals surface area contributed by atoms with Gasteiger partial charge in [-0.3, -0.25) is 9.20 Å². The summed E-state index contributed by atoms with van der Waals surface area (Å²) in [4.78, 5) is 30.9. The molecule has 1 aromatic carbocycles. The average molecular weight is 393 g/mol. The van der Waals surface area contributed by atoms with Crippen molar-refractivity contribution in [2.45, 2.75) is 32.3 Å². The zero-order valence-corrected chi connectivity index (χ0v) is 15.2. The molecule has 0 spiro atoms. The first-order valence-corrected chi connectivity index (χ1v) is 9.38. The van der Waals surface area contributed by atoms with E-state index >= 15 is 0 Å². The van der Waals surface area contributed by atoms with Crippen LogP contribution in [0.5, 0.6) is 0 Å². The van der Waals surface area contributed by atoms with Crippen LogP contribution in [0.1, 0.15) is 39.5 Å². The second kappa shape index (κ2) is 6.81. The molecular formula is C18H14ClFN2O3S. The predicted octanol–water partition coefficient (Wildman–Crippen LogP) is 3.78. The summed E-state index contributed by atoms with van der Waals surface area (Å²) in [5, 5.41) is -0.0237. The zero-order chi connectivity index (χ0) is 18.3. The summed E-state index contributed by atoms with van der Waals surface area (Å²) in [6, 6.07) is 4.83. The van der Waals surface area contributed by atoms with E-state index in [2.05, 4.69) is 4.98 Å². The molecule has 2 heterocycles. The van der Waals surface area contributed by atoms with Crippen LogP contribution in [0, 0.1) is 5.82 Å². The van der Waals surface area contributed by atoms with Crippen molar-refractivity contribution in [1.82, 2.24) is 9.38 Å². The van der Waals surface area contributed by atoms with Gasteiger partial charge in [0.1, 0.15) is 12.4 Å². The van der Waals surface area contributed by atoms with E-state index in [-0.39, 0.29) is 22.8 Å². The van der Waals surface area contributed by atoms with Gasteiger partial charge in [-0.1, -0.05) is 11.6 Å². The second-order valence-electron chi connectivity index (χ2n) is 6.08. The van der Waals surface area contributed by atoms with Crippen molar-refractivity contribution in [2.75, 3.05) is 0 Å². The van der Waals surface area contributed by atoms with Crippen molar-refractivity contribution in [3.8, 4) is 0 Å². The number of ether oxygens (including phenoxy) is 1. The molecule has 0 saturated heterocycles. The van der Waals surface area contributed by atoms with E-state index in [1.807, 2.05) is 0 Å². The molecule has 0 N–H and O–H groups in total. The van der Waals surface area contributed by atoms with Crippen molar-refractivity contribution < 1.29 is 13.9 Å². The fraction of sp³-hybridized carbons (Fsp3) is 0.278. The molecule has 0 aliphatic heterocycles. The number of esters is 1. The van der Waals surface area contributed by atoms with Gasteiger partial charge in [-0.25, -0.2) is 14.2 Å². The molecule has 8 heteroatoms. The third kappa shape index (κ3) is 3.12. The number of rotatable bonds is 3. The number of fused-ring (bicyclic) bond motifs is 3. The van der Waals surface area contributed by atoms with E-state index in [0.29, 0.717) is 10.7 Å². The number of hydrogen-bond acceptors (Lipinski definition) is 5. The summed E-state index contributed by atoms with van der Waals surface area (Å²) >= 11 is 7.37. The quantitative estimate of drug-likeness (QED) is 0.636. The molecule has 2 aromatic heterocycles. The Kier molecular flexibility index (Phi) is 4.50. The van der Waals surface area contributed by atoms with E-state index in [4.69, 9.17) is 16.3 Å². The lowest BCUT2D eigenvalue weighted by molar-refractivity contribution is 0.0468. The summed E-state index contributed by atoms with van der Waals surface area (Å²) in [5.74, 6) is -1.23. The van der Waals surface area contributed by atoms with Gasteiger partial charge in [-0.15, -0.1) is 11.3 Å². The Labute approximate surface area is 157 Å². The highest BCUT2D eigenvalue weighted by atomic mass is 35.5. The third-order valence-electron chi connectivity index (χ3n) is 4.32. The summed E-state index contributed by atoms with van der Waals surface area (Å²) < 4.78 is 19.9. The molecule has 4 rings (SSSR count). The van der Waals surface area contributed by atoms with Gasteiger partial charge >= 0.3 is 5.97 Å². The number of halogens is 2. The van der Waals surface area contributed by atoms with Gasteiger partial charge in [0.15, 0.2) is 4.96 Å². The first-order valence-electron chi connectivity index (χ1n) is 8.18. The molecule has 0 radical (unpaired) electrons. The number of thiazole rings is 1. The van der Waals surface area contributed by atoms with Crippen LogP contribution in [0.2, 0.25) is 5.02 Å². The highest BCUT2D eigenvalue weighted by molar-refractivity contribution is 7.17. The monoisotopic (exact) mass is 392 g/mol. The number of aromatic nitrogens is 2. The minimum Gasteiger partial charge on any atom is -0.456 e. The summed E-state index contributed by atoms with van der Waals surface area (Å²) in [5.41, 5.74) is 1.33. The first kappa shape index (κ1) is 17.2. The van der Waals surface area contributed by atoms with Gasteiger partial charge in [0.25, 0.3) is 5.56 Å². The molecule has 0 bridgehead atoms. The van der Waals surface area contributed by atoms with E-state index < -0.39 is 11.8 Å². The minimum absolute atomic E-state index is 0.0237. The predicted molar refractivity (Wildman–Crippen MR) is 96.5 cm³/mol. The molecular weight excluding hydrogens is 379 g/mol. The van der Waals surface area contributed by atoms with Crippen LogP contribution in [0.25, 0.3) is 4.96 Å². The molecule has 0 unspecified atom stereocenters. The SMILES string of the molecule is O=C(OCc1cc(=O)n2c3c(sc2n1)CCCC3)c1ccc(F)cc1Cl. The largest absolute Gasteiger partial charge is 0.456 e. The molecule has 0 atom stereocenters. The lowest BCUT2D eigenvalue weighted by Crippen LogP contribution is -2.18. The Morgan fingerprint density at radius 2 is 2.12 bits per heavy atom. The smallest absolute Gasteiger partial charge is 0.340 e. The van der Waals surface area contributed by atoms with Crippen LogP contribution >= 0.6 is 22.9 Å². The molecule has 0 saturated carbocycles. The molecule has 1 aliphatic rings. The van der Waals surface area contributed by atoms with Gasteiger partial charge in [0, 0.05) is 16.6 Å². The summed E-state index contributed by atoms with van der Waals surface area (Å²) in [6.45, 7) is -0.152. The maximum absolute atomic E-state index is 13.1. The van der Waals surface area contributed by atoms with E-state index in [1.54, 1.807) is 4.40 Å². The van der Waals surface area contributed by atoms with Gasteiger partial charge in [-0.2, -0.15) is 0 Å². The Morgan fingerprint density at radius 3 is 2.92 bits per heavy atom. The fourth-order valence-electron chi connectivity index (χ4n) is 3.09. The Morgan fingerprint density at radius 1 is 1.31 bits per heavy atom. The number of aryl methyl sites for hydroxylation is 2. The maximum Gasteiger partial charge on any atom is 0.340 e. The Hall–Kier alpha value is -2.25. The van der Waals surface area contributed by atoms with E-state index in [1.165, 1.54) is 28.3 Å². The van der Waals surface area contributed by atoms with Crippen LogP contribution in [-0.4, -0.2) is 15.4 Å². The number of nitrogens with zero attached hydrogens (tertiary/aromatic N) is 2. The normalized spacial score (nSPS) is 13.6. The molecule has 1 aliphatic carbocycles. The number of benzene rings is 1. The molecule has 0 fully saturated rings. The van der Waals surface area contributed by atoms with Gasteiger partial charge < -0.3 is 4.74 Å². The molecule has 3 aromatic rings. The van der Waals surface area contributed by atoms with Gasteiger partial charge in [0.05, 0.1) is 16.3 Å². The highest BCUT2D eigenvalue weighted by Crippen LogP contribution is 2.28. The molecule has 0 amide bonds. The summed E-state index contributed by atoms with van der Waals surface area (Å²) in [6.07, 6.45) is 4.05. The lowest BCUT2D eigenvalue weighted by Gasteiger charge is -2.10. The van der Waals surface area contributed by atoms with E-state index in [0.717, 1.165) is 43.5 Å². The maximum atomic E-state index is 13.1. The molecule has 26 heavy (non-hydrogen) atoms. The van der Waals surface area contributed by atoms with Crippen molar-refractivity contribution in [3.63, 3.8) is 0 Å². The van der Waals surface area contributed by atoms with Crippen LogP contribution < -0.4 is 5.56 Å². The fourth-order valence-corrected chi connectivity index (χ4v) is 4.56. The number of carbonyl (C=O) groups excluding carboxylic acids is 1. The third-order valence-corrected chi connectivity index (χ3v) is 5.77. The van der Waals surface area contributed by atoms with Crippen LogP contribution in [0.4, 0.5) is 4.39 Å². The molecule has 5 nitrogen and oxygen atoms in total. The first-order chi connectivity index (χ1) is 12.5. The average Bonchev–Trinajstić information content (AvgIpc) is 2.98. The van der Waals surface area contributed by atoms with Crippen molar-refractivity contribution in [2.24, 2.45) is 0 Å². The van der Waals surface area contributed by atoms with Crippen LogP contribution in [0.3, 0.4) is 0 Å². The minimum atomic E-state index is -0.692. The number of carbonyl (C=O) groups is 1. The Bertz CT molecular complexity index is 1080. The van der Waals surface area contributed by atoms with Crippen molar-refractivity contribution >= 4 is 33.9 Å². The van der Waals surface area contributed by atoms with Crippen molar-refractivity contribution in [3.05, 3.63) is 67.3 Å².